The lowest BCUT2D eigenvalue weighted by Crippen LogP contribution is -2.49. The molecule has 9 rings (SSSR count). The van der Waals surface area contributed by atoms with E-state index in [1.165, 1.54) is 6.07 Å². The number of nitrogens with zero attached hydrogens (tertiary/aromatic N) is 3. The van der Waals surface area contributed by atoms with E-state index in [4.69, 9.17) is 41.9 Å². The molecule has 0 unspecified atom stereocenters. The lowest BCUT2D eigenvalue weighted by Gasteiger charge is -2.52. The van der Waals surface area contributed by atoms with Crippen LogP contribution in [0.1, 0.15) is 91.9 Å². The standard InChI is InChI=1S/C35H35Cl2N3O6/c36-25-15-38-16-26(37)30(25)31-24(32(46-40-31)21-3-4-21)18-45-35-10-7-34(8-11-35,9-12-35)19-44-22-5-6-27-23(13-22)29(43-17-20-1-2-20)14-28(39-27)33(41)42/h5-6,13-16,20-21H,1-4,7-12,17-19H2,(H,41,42). The summed E-state index contributed by atoms with van der Waals surface area (Å²) in [4.78, 5) is 20.1. The van der Waals surface area contributed by atoms with Crippen LogP contribution in [0, 0.1) is 11.3 Å². The van der Waals surface area contributed by atoms with Gasteiger partial charge in [0.05, 0.1) is 41.0 Å². The average Bonchev–Trinajstić information content (AvgIpc) is 4.01. The number of hydrogen-bond acceptors (Lipinski definition) is 8. The molecular weight excluding hydrogens is 629 g/mol. The molecule has 5 aliphatic carbocycles. The Balaban J connectivity index is 0.943. The summed E-state index contributed by atoms with van der Waals surface area (Å²) in [6.45, 7) is 1.61. The molecule has 0 aliphatic heterocycles. The first-order valence-corrected chi connectivity index (χ1v) is 16.9. The highest BCUT2D eigenvalue weighted by atomic mass is 35.5. The number of pyridine rings is 2. The molecule has 0 amide bonds. The molecule has 0 spiro atoms. The van der Waals surface area contributed by atoms with Gasteiger partial charge in [-0.15, -0.1) is 0 Å². The van der Waals surface area contributed by atoms with E-state index in [1.54, 1.807) is 12.4 Å². The second-order valence-corrected chi connectivity index (χ2v) is 14.4. The molecule has 1 aromatic carbocycles. The van der Waals surface area contributed by atoms with E-state index >= 15 is 0 Å². The molecule has 3 heterocycles. The summed E-state index contributed by atoms with van der Waals surface area (Å²) < 4.78 is 25.1. The van der Waals surface area contributed by atoms with Gasteiger partial charge in [-0.2, -0.15) is 0 Å². The highest BCUT2D eigenvalue weighted by molar-refractivity contribution is 6.38. The van der Waals surface area contributed by atoms with E-state index in [9.17, 15) is 9.90 Å². The summed E-state index contributed by atoms with van der Waals surface area (Å²) in [5.41, 5.74) is 2.71. The zero-order chi connectivity index (χ0) is 31.5. The molecule has 240 valence electrons. The molecule has 11 heteroatoms. The first-order valence-electron chi connectivity index (χ1n) is 16.2. The van der Waals surface area contributed by atoms with Crippen molar-refractivity contribution in [2.75, 3.05) is 13.2 Å². The van der Waals surface area contributed by atoms with Gasteiger partial charge in [-0.05, 0) is 88.3 Å². The zero-order valence-corrected chi connectivity index (χ0v) is 26.9. The molecule has 9 nitrogen and oxygen atoms in total. The van der Waals surface area contributed by atoms with Crippen molar-refractivity contribution < 1.29 is 28.6 Å². The molecule has 1 N–H and O–H groups in total. The van der Waals surface area contributed by atoms with Gasteiger partial charge >= 0.3 is 5.97 Å². The van der Waals surface area contributed by atoms with E-state index < -0.39 is 5.97 Å². The topological polar surface area (TPSA) is 117 Å². The predicted octanol–water partition coefficient (Wildman–Crippen LogP) is 8.64. The van der Waals surface area contributed by atoms with Crippen LogP contribution < -0.4 is 9.47 Å². The largest absolute Gasteiger partial charge is 0.493 e. The normalized spacial score (nSPS) is 24.0. The summed E-state index contributed by atoms with van der Waals surface area (Å²) in [7, 11) is 0. The monoisotopic (exact) mass is 663 g/mol. The Morgan fingerprint density at radius 3 is 2.39 bits per heavy atom. The number of carboxylic acids is 1. The van der Waals surface area contributed by atoms with Crippen molar-refractivity contribution in [1.82, 2.24) is 15.1 Å². The van der Waals surface area contributed by atoms with Gasteiger partial charge in [0.2, 0.25) is 0 Å². The van der Waals surface area contributed by atoms with Crippen molar-refractivity contribution in [2.45, 2.75) is 82.3 Å². The van der Waals surface area contributed by atoms with Gasteiger partial charge < -0.3 is 23.8 Å². The van der Waals surface area contributed by atoms with Gasteiger partial charge in [0, 0.05) is 46.3 Å². The summed E-state index contributed by atoms with van der Waals surface area (Å²) in [6.07, 6.45) is 13.6. The number of rotatable bonds is 12. The number of hydrogen-bond donors (Lipinski definition) is 1. The van der Waals surface area contributed by atoms with Crippen molar-refractivity contribution >= 4 is 40.1 Å². The summed E-state index contributed by atoms with van der Waals surface area (Å²) in [6, 6.07) is 7.15. The minimum atomic E-state index is -1.07. The first kappa shape index (κ1) is 30.0. The fourth-order valence-electron chi connectivity index (χ4n) is 7.07. The summed E-state index contributed by atoms with van der Waals surface area (Å²) in [5, 5.41) is 15.6. The third-order valence-electron chi connectivity index (χ3n) is 10.4. The van der Waals surface area contributed by atoms with Crippen LogP contribution in [0.3, 0.4) is 0 Å². The summed E-state index contributed by atoms with van der Waals surface area (Å²) >= 11 is 13.0. The third-order valence-corrected chi connectivity index (χ3v) is 11.0. The number of carboxylic acid groups (broad SMARTS) is 1. The maximum absolute atomic E-state index is 11.7. The lowest BCUT2D eigenvalue weighted by atomic mass is 9.59. The van der Waals surface area contributed by atoms with Crippen molar-refractivity contribution in [1.29, 1.82) is 0 Å². The Bertz CT molecular complexity index is 1770. The van der Waals surface area contributed by atoms with Crippen molar-refractivity contribution in [3.8, 4) is 22.8 Å². The minimum absolute atomic E-state index is 0.0186. The molecule has 46 heavy (non-hydrogen) atoms. The predicted molar refractivity (Wildman–Crippen MR) is 172 cm³/mol. The fraction of sp³-hybridized carbons (Fsp3) is 0.486. The number of fused-ring (bicyclic) bond motifs is 4. The molecule has 4 aromatic rings. The number of carbonyl (C=O) groups is 1. The smallest absolute Gasteiger partial charge is 0.354 e. The summed E-state index contributed by atoms with van der Waals surface area (Å²) in [5.74, 6) is 2.01. The Morgan fingerprint density at radius 2 is 1.72 bits per heavy atom. The molecule has 0 atom stereocenters. The van der Waals surface area contributed by atoms with Gasteiger partial charge in [-0.3, -0.25) is 4.98 Å². The Kier molecular flexibility index (Phi) is 7.61. The van der Waals surface area contributed by atoms with Crippen LogP contribution in [0.2, 0.25) is 10.0 Å². The molecular formula is C35H35Cl2N3O6. The fourth-order valence-corrected chi connectivity index (χ4v) is 7.61. The highest BCUT2D eigenvalue weighted by Crippen LogP contribution is 2.55. The Labute approximate surface area is 276 Å². The molecule has 2 bridgehead atoms. The van der Waals surface area contributed by atoms with Crippen molar-refractivity contribution in [3.05, 3.63) is 63.7 Å². The zero-order valence-electron chi connectivity index (χ0n) is 25.4. The average molecular weight is 665 g/mol. The highest BCUT2D eigenvalue weighted by Gasteiger charge is 2.50. The molecule has 5 saturated carbocycles. The van der Waals surface area contributed by atoms with Crippen LogP contribution in [0.4, 0.5) is 0 Å². The Hall–Kier alpha value is -3.40. The van der Waals surface area contributed by atoms with Gasteiger partial charge in [-0.1, -0.05) is 28.4 Å². The first-order chi connectivity index (χ1) is 22.3. The number of benzene rings is 1. The number of ether oxygens (including phenoxy) is 3. The quantitative estimate of drug-likeness (QED) is 0.159. The van der Waals surface area contributed by atoms with Gasteiger partial charge in [0.1, 0.15) is 23.0 Å². The lowest BCUT2D eigenvalue weighted by molar-refractivity contribution is -0.150. The molecule has 5 fully saturated rings. The Morgan fingerprint density at radius 1 is 0.978 bits per heavy atom. The molecule has 0 radical (unpaired) electrons. The maximum atomic E-state index is 11.7. The van der Waals surface area contributed by atoms with Gasteiger partial charge in [-0.25, -0.2) is 9.78 Å². The number of halogens is 2. The van der Waals surface area contributed by atoms with E-state index in [1.807, 2.05) is 18.2 Å². The van der Waals surface area contributed by atoms with Crippen LogP contribution in [0.15, 0.2) is 41.2 Å². The van der Waals surface area contributed by atoms with Crippen LogP contribution in [0.25, 0.3) is 22.2 Å². The van der Waals surface area contributed by atoms with E-state index in [-0.39, 0.29) is 16.7 Å². The van der Waals surface area contributed by atoms with Crippen LogP contribution in [-0.4, -0.2) is 45.0 Å². The van der Waals surface area contributed by atoms with Gasteiger partial charge in [0.25, 0.3) is 0 Å². The molecule has 5 aliphatic rings. The number of aromatic carboxylic acids is 1. The van der Waals surface area contributed by atoms with Crippen LogP contribution in [0.5, 0.6) is 11.5 Å². The second kappa shape index (κ2) is 11.7. The van der Waals surface area contributed by atoms with E-state index in [0.717, 1.165) is 86.7 Å². The van der Waals surface area contributed by atoms with E-state index in [0.29, 0.717) is 64.2 Å². The third kappa shape index (κ3) is 5.82. The molecule has 0 saturated heterocycles. The van der Waals surface area contributed by atoms with Crippen molar-refractivity contribution in [2.24, 2.45) is 11.3 Å². The van der Waals surface area contributed by atoms with Crippen LogP contribution in [-0.2, 0) is 11.3 Å². The van der Waals surface area contributed by atoms with E-state index in [2.05, 4.69) is 15.1 Å². The molecule has 3 aromatic heterocycles. The van der Waals surface area contributed by atoms with Gasteiger partial charge in [0.15, 0.2) is 5.69 Å². The SMILES string of the molecule is O=C(O)c1cc(OCC2CC2)c2cc(OCC34CCC(OCc5c(-c6c(Cl)cncc6Cl)noc5C5CC5)(CC3)CC4)ccc2n1. The number of aromatic nitrogens is 3. The second-order valence-electron chi connectivity index (χ2n) is 13.6. The van der Waals surface area contributed by atoms with Crippen LogP contribution >= 0.6 is 23.2 Å². The van der Waals surface area contributed by atoms with Crippen molar-refractivity contribution in [3.63, 3.8) is 0 Å². The maximum Gasteiger partial charge on any atom is 0.354 e. The minimum Gasteiger partial charge on any atom is -0.493 e.